The zero-order valence-corrected chi connectivity index (χ0v) is 9.14. The SMILES string of the molecule is CNC(=O)OC1OC(=O)C2C3CCC(C3)C12. The number of ether oxygens (including phenoxy) is 2. The molecule has 5 heteroatoms. The third-order valence-corrected chi connectivity index (χ3v) is 4.23. The summed E-state index contributed by atoms with van der Waals surface area (Å²) in [6.45, 7) is 0. The second-order valence-corrected chi connectivity index (χ2v) is 4.90. The molecule has 0 aromatic carbocycles. The minimum atomic E-state index is -0.659. The van der Waals surface area contributed by atoms with Gasteiger partial charge in [0.25, 0.3) is 6.29 Å². The van der Waals surface area contributed by atoms with Crippen molar-refractivity contribution in [3.8, 4) is 0 Å². The van der Waals surface area contributed by atoms with E-state index in [2.05, 4.69) is 5.32 Å². The predicted molar refractivity (Wildman–Crippen MR) is 53.2 cm³/mol. The first-order valence-corrected chi connectivity index (χ1v) is 5.79. The van der Waals surface area contributed by atoms with Gasteiger partial charge < -0.3 is 14.8 Å². The molecule has 1 heterocycles. The molecule has 5 atom stereocenters. The van der Waals surface area contributed by atoms with Crippen molar-refractivity contribution in [1.29, 1.82) is 0 Å². The van der Waals surface area contributed by atoms with E-state index in [1.165, 1.54) is 7.05 Å². The Labute approximate surface area is 93.5 Å². The summed E-state index contributed by atoms with van der Waals surface area (Å²) in [5, 5.41) is 2.38. The fraction of sp³-hybridized carbons (Fsp3) is 0.818. The van der Waals surface area contributed by atoms with Crippen molar-refractivity contribution in [3.05, 3.63) is 0 Å². The minimum absolute atomic E-state index is 0.0200. The van der Waals surface area contributed by atoms with Gasteiger partial charge in [-0.15, -0.1) is 0 Å². The Balaban J connectivity index is 1.77. The number of carbonyl (C=O) groups excluding carboxylic acids is 2. The van der Waals surface area contributed by atoms with Crippen LogP contribution in [0.4, 0.5) is 4.79 Å². The normalized spacial score (nSPS) is 44.1. The lowest BCUT2D eigenvalue weighted by Gasteiger charge is -2.24. The number of carbonyl (C=O) groups is 2. The van der Waals surface area contributed by atoms with Crippen LogP contribution in [0.2, 0.25) is 0 Å². The molecule has 1 aliphatic heterocycles. The predicted octanol–water partition coefficient (Wildman–Crippen LogP) is 0.888. The van der Waals surface area contributed by atoms with Crippen LogP contribution in [0.5, 0.6) is 0 Å². The monoisotopic (exact) mass is 225 g/mol. The minimum Gasteiger partial charge on any atom is -0.424 e. The summed E-state index contributed by atoms with van der Waals surface area (Å²) in [4.78, 5) is 22.8. The summed E-state index contributed by atoms with van der Waals surface area (Å²) in [5.74, 6) is 0.861. The molecule has 3 fully saturated rings. The van der Waals surface area contributed by atoms with Gasteiger partial charge >= 0.3 is 12.1 Å². The van der Waals surface area contributed by atoms with Crippen LogP contribution >= 0.6 is 0 Å². The first kappa shape index (κ1) is 9.93. The van der Waals surface area contributed by atoms with E-state index in [4.69, 9.17) is 9.47 Å². The summed E-state index contributed by atoms with van der Waals surface area (Å²) in [5.41, 5.74) is 0. The van der Waals surface area contributed by atoms with Crippen molar-refractivity contribution >= 4 is 12.1 Å². The summed E-state index contributed by atoms with van der Waals surface area (Å²) >= 11 is 0. The Kier molecular flexibility index (Phi) is 2.09. The first-order chi connectivity index (χ1) is 7.70. The number of nitrogens with one attached hydrogen (secondary N) is 1. The van der Waals surface area contributed by atoms with Crippen LogP contribution in [0, 0.1) is 23.7 Å². The maximum Gasteiger partial charge on any atom is 0.409 e. The molecule has 1 N–H and O–H groups in total. The second-order valence-electron chi connectivity index (χ2n) is 4.90. The van der Waals surface area contributed by atoms with Crippen LogP contribution < -0.4 is 5.32 Å². The number of amides is 1. The maximum absolute atomic E-state index is 11.7. The van der Waals surface area contributed by atoms with Crippen LogP contribution in [0.25, 0.3) is 0 Å². The lowest BCUT2D eigenvalue weighted by atomic mass is 9.81. The summed E-state index contributed by atoms with van der Waals surface area (Å²) in [6.07, 6.45) is 2.16. The van der Waals surface area contributed by atoms with Gasteiger partial charge in [0, 0.05) is 13.0 Å². The molecule has 2 bridgehead atoms. The maximum atomic E-state index is 11.7. The average Bonchev–Trinajstić information content (AvgIpc) is 2.92. The Morgan fingerprint density at radius 1 is 1.44 bits per heavy atom. The van der Waals surface area contributed by atoms with E-state index in [0.717, 1.165) is 19.3 Å². The molecule has 0 aromatic rings. The molecule has 1 amide bonds. The zero-order valence-electron chi connectivity index (χ0n) is 9.14. The van der Waals surface area contributed by atoms with Crippen molar-refractivity contribution in [2.24, 2.45) is 23.7 Å². The highest BCUT2D eigenvalue weighted by Crippen LogP contribution is 2.57. The molecular weight excluding hydrogens is 210 g/mol. The largest absolute Gasteiger partial charge is 0.424 e. The van der Waals surface area contributed by atoms with Gasteiger partial charge in [-0.25, -0.2) is 4.79 Å². The van der Waals surface area contributed by atoms with Crippen molar-refractivity contribution in [2.75, 3.05) is 7.05 Å². The number of hydrogen-bond donors (Lipinski definition) is 1. The Hall–Kier alpha value is -1.26. The van der Waals surface area contributed by atoms with Crippen LogP contribution in [-0.2, 0) is 14.3 Å². The Morgan fingerprint density at radius 3 is 2.94 bits per heavy atom. The van der Waals surface area contributed by atoms with Crippen LogP contribution in [0.15, 0.2) is 0 Å². The van der Waals surface area contributed by atoms with Gasteiger partial charge in [0.05, 0.1) is 5.92 Å². The summed E-state index contributed by atoms with van der Waals surface area (Å²) < 4.78 is 10.3. The van der Waals surface area contributed by atoms with Gasteiger partial charge in [0.15, 0.2) is 0 Å². The van der Waals surface area contributed by atoms with Crippen molar-refractivity contribution in [1.82, 2.24) is 5.32 Å². The van der Waals surface area contributed by atoms with E-state index in [1.807, 2.05) is 0 Å². The van der Waals surface area contributed by atoms with E-state index < -0.39 is 12.4 Å². The van der Waals surface area contributed by atoms with E-state index in [0.29, 0.717) is 11.8 Å². The van der Waals surface area contributed by atoms with Gasteiger partial charge in [0.2, 0.25) is 0 Å². The van der Waals surface area contributed by atoms with Gasteiger partial charge in [0.1, 0.15) is 0 Å². The number of fused-ring (bicyclic) bond motifs is 5. The smallest absolute Gasteiger partial charge is 0.409 e. The highest BCUT2D eigenvalue weighted by atomic mass is 16.7. The Bertz CT molecular complexity index is 343. The number of esters is 1. The molecular formula is C11H15NO4. The van der Waals surface area contributed by atoms with E-state index in [-0.39, 0.29) is 17.8 Å². The average molecular weight is 225 g/mol. The molecule has 1 saturated heterocycles. The van der Waals surface area contributed by atoms with Gasteiger partial charge in [-0.3, -0.25) is 4.79 Å². The van der Waals surface area contributed by atoms with Gasteiger partial charge in [-0.1, -0.05) is 0 Å². The Morgan fingerprint density at radius 2 is 2.19 bits per heavy atom. The molecule has 0 radical (unpaired) electrons. The zero-order chi connectivity index (χ0) is 11.3. The molecule has 88 valence electrons. The van der Waals surface area contributed by atoms with Crippen LogP contribution in [0.3, 0.4) is 0 Å². The lowest BCUT2D eigenvalue weighted by Crippen LogP contribution is -2.33. The highest BCUT2D eigenvalue weighted by molar-refractivity contribution is 5.77. The number of hydrogen-bond acceptors (Lipinski definition) is 4. The number of alkyl carbamates (subject to hydrolysis) is 1. The second kappa shape index (κ2) is 3.37. The van der Waals surface area contributed by atoms with Crippen molar-refractivity contribution in [3.63, 3.8) is 0 Å². The van der Waals surface area contributed by atoms with Crippen molar-refractivity contribution < 1.29 is 19.1 Å². The summed E-state index contributed by atoms with van der Waals surface area (Å²) in [7, 11) is 1.50. The molecule has 0 spiro atoms. The summed E-state index contributed by atoms with van der Waals surface area (Å²) in [6, 6.07) is 0. The third-order valence-electron chi connectivity index (χ3n) is 4.23. The molecule has 5 nitrogen and oxygen atoms in total. The first-order valence-electron chi connectivity index (χ1n) is 5.79. The molecule has 0 aromatic heterocycles. The fourth-order valence-corrected chi connectivity index (χ4v) is 3.62. The molecule has 2 saturated carbocycles. The van der Waals surface area contributed by atoms with E-state index in [1.54, 1.807) is 0 Å². The van der Waals surface area contributed by atoms with E-state index in [9.17, 15) is 9.59 Å². The quantitative estimate of drug-likeness (QED) is 0.673. The van der Waals surface area contributed by atoms with Crippen molar-refractivity contribution in [2.45, 2.75) is 25.6 Å². The molecule has 2 aliphatic carbocycles. The molecule has 3 aliphatic rings. The van der Waals surface area contributed by atoms with Gasteiger partial charge in [-0.05, 0) is 31.1 Å². The van der Waals surface area contributed by atoms with Crippen LogP contribution in [-0.4, -0.2) is 25.4 Å². The topological polar surface area (TPSA) is 64.6 Å². The number of cyclic esters (lactones) is 1. The lowest BCUT2D eigenvalue weighted by molar-refractivity contribution is -0.159. The standard InChI is InChI=1S/C11H15NO4/c1-12-11(14)16-10-8-6-3-2-5(4-6)7(8)9(13)15-10/h5-8,10H,2-4H2,1H3,(H,12,14). The highest BCUT2D eigenvalue weighted by Gasteiger charge is 2.60. The van der Waals surface area contributed by atoms with E-state index >= 15 is 0 Å². The van der Waals surface area contributed by atoms with Crippen LogP contribution in [0.1, 0.15) is 19.3 Å². The molecule has 5 unspecified atom stereocenters. The molecule has 16 heavy (non-hydrogen) atoms. The number of rotatable bonds is 1. The van der Waals surface area contributed by atoms with Gasteiger partial charge in [-0.2, -0.15) is 0 Å². The fourth-order valence-electron chi connectivity index (χ4n) is 3.62. The molecule has 3 rings (SSSR count). The third kappa shape index (κ3) is 1.23.